The molecule has 0 fully saturated rings. The maximum absolute atomic E-state index is 13.3. The van der Waals surface area contributed by atoms with E-state index in [2.05, 4.69) is 15.5 Å². The summed E-state index contributed by atoms with van der Waals surface area (Å²) < 4.78 is 5.72. The van der Waals surface area contributed by atoms with Crippen molar-refractivity contribution in [3.63, 3.8) is 0 Å². The van der Waals surface area contributed by atoms with Gasteiger partial charge in [0.1, 0.15) is 0 Å². The Bertz CT molecular complexity index is 1400. The summed E-state index contributed by atoms with van der Waals surface area (Å²) in [6.07, 6.45) is 0. The van der Waals surface area contributed by atoms with Crippen LogP contribution in [0.25, 0.3) is 17.0 Å². The number of amides is 2. The third-order valence-electron chi connectivity index (χ3n) is 5.71. The van der Waals surface area contributed by atoms with Crippen molar-refractivity contribution in [1.82, 2.24) is 15.5 Å². The van der Waals surface area contributed by atoms with E-state index in [0.717, 1.165) is 22.4 Å². The Kier molecular flexibility index (Phi) is 5.86. The van der Waals surface area contributed by atoms with Gasteiger partial charge in [-0.1, -0.05) is 52.6 Å². The van der Waals surface area contributed by atoms with Crippen molar-refractivity contribution in [3.8, 4) is 11.4 Å². The van der Waals surface area contributed by atoms with Crippen LogP contribution in [-0.4, -0.2) is 16.2 Å². The molecule has 0 saturated carbocycles. The van der Waals surface area contributed by atoms with Crippen LogP contribution in [0, 0.1) is 6.92 Å². The Labute approximate surface area is 206 Å². The zero-order valence-electron chi connectivity index (χ0n) is 18.4. The smallest absolute Gasteiger partial charge is 0.326 e. The molecule has 8 heteroatoms. The van der Waals surface area contributed by atoms with Gasteiger partial charge in [0.05, 0.1) is 17.3 Å². The molecular formula is C26H20Cl2N4O2. The van der Waals surface area contributed by atoms with Gasteiger partial charge in [-0.15, -0.1) is 0 Å². The number of aromatic nitrogens is 2. The standard InChI is InChI=1S/C26H20Cl2N4O2/c1-15-4-3-5-21(14-15)32-16(2)22(23(29-26(32)33)17-6-10-19(27)11-7-17)25-30-24(31-34-25)18-8-12-20(28)13-9-18/h3-14,23H,1-2H3,(H,29,33). The SMILES string of the molecule is CC1=C(c2nc(-c3ccc(Cl)cc3)no2)C(c2ccc(Cl)cc2)NC(=O)N1c1cccc(C)c1. The molecule has 1 unspecified atom stereocenters. The van der Waals surface area contributed by atoms with E-state index < -0.39 is 6.04 Å². The van der Waals surface area contributed by atoms with Crippen molar-refractivity contribution in [2.45, 2.75) is 19.9 Å². The van der Waals surface area contributed by atoms with Crippen molar-refractivity contribution in [3.05, 3.63) is 106 Å². The summed E-state index contributed by atoms with van der Waals surface area (Å²) in [5, 5.41) is 8.51. The summed E-state index contributed by atoms with van der Waals surface area (Å²) in [7, 11) is 0. The van der Waals surface area contributed by atoms with E-state index in [9.17, 15) is 4.79 Å². The van der Waals surface area contributed by atoms with Crippen LogP contribution in [0.15, 0.2) is 83.0 Å². The minimum atomic E-state index is -0.496. The summed E-state index contributed by atoms with van der Waals surface area (Å²) in [5.74, 6) is 0.751. The second-order valence-electron chi connectivity index (χ2n) is 8.04. The third kappa shape index (κ3) is 4.18. The molecule has 0 radical (unpaired) electrons. The summed E-state index contributed by atoms with van der Waals surface area (Å²) >= 11 is 12.1. The number of hydrogen-bond acceptors (Lipinski definition) is 4. The molecule has 0 aliphatic carbocycles. The molecule has 4 aromatic rings. The highest BCUT2D eigenvalue weighted by Crippen LogP contribution is 2.39. The number of allylic oxidation sites excluding steroid dienone is 1. The van der Waals surface area contributed by atoms with Gasteiger partial charge in [0.25, 0.3) is 5.89 Å². The van der Waals surface area contributed by atoms with Crippen molar-refractivity contribution < 1.29 is 9.32 Å². The first-order chi connectivity index (χ1) is 16.4. The van der Waals surface area contributed by atoms with E-state index in [4.69, 9.17) is 27.7 Å². The molecule has 1 atom stereocenters. The Morgan fingerprint density at radius 1 is 0.941 bits per heavy atom. The van der Waals surface area contributed by atoms with Gasteiger partial charge in [-0.05, 0) is 73.5 Å². The first-order valence-corrected chi connectivity index (χ1v) is 11.4. The Morgan fingerprint density at radius 3 is 2.29 bits per heavy atom. The monoisotopic (exact) mass is 490 g/mol. The molecule has 1 aliphatic heterocycles. The normalized spacial score (nSPS) is 16.1. The maximum Gasteiger partial charge on any atom is 0.326 e. The molecule has 170 valence electrons. The fourth-order valence-corrected chi connectivity index (χ4v) is 4.30. The largest absolute Gasteiger partial charge is 0.334 e. The number of carbonyl (C=O) groups is 1. The van der Waals surface area contributed by atoms with E-state index in [0.29, 0.717) is 33.0 Å². The van der Waals surface area contributed by atoms with E-state index in [1.807, 2.05) is 62.4 Å². The predicted molar refractivity (Wildman–Crippen MR) is 134 cm³/mol. The van der Waals surface area contributed by atoms with E-state index in [-0.39, 0.29) is 6.03 Å². The average molecular weight is 491 g/mol. The van der Waals surface area contributed by atoms with Crippen molar-refractivity contribution in [2.24, 2.45) is 0 Å². The van der Waals surface area contributed by atoms with E-state index in [1.54, 1.807) is 29.2 Å². The van der Waals surface area contributed by atoms with Crippen LogP contribution in [0.2, 0.25) is 10.0 Å². The molecule has 1 aromatic heterocycles. The van der Waals surface area contributed by atoms with E-state index >= 15 is 0 Å². The zero-order valence-corrected chi connectivity index (χ0v) is 19.9. The van der Waals surface area contributed by atoms with Gasteiger partial charge in [0.15, 0.2) is 0 Å². The van der Waals surface area contributed by atoms with Gasteiger partial charge in [0.2, 0.25) is 5.82 Å². The number of halogens is 2. The molecule has 0 bridgehead atoms. The number of aryl methyl sites for hydroxylation is 1. The molecule has 6 nitrogen and oxygen atoms in total. The number of anilines is 1. The molecule has 1 N–H and O–H groups in total. The van der Waals surface area contributed by atoms with Gasteiger partial charge in [-0.3, -0.25) is 4.90 Å². The number of nitrogens with zero attached hydrogens (tertiary/aromatic N) is 3. The van der Waals surface area contributed by atoms with Crippen LogP contribution in [0.3, 0.4) is 0 Å². The van der Waals surface area contributed by atoms with Crippen molar-refractivity contribution >= 4 is 40.5 Å². The summed E-state index contributed by atoms with van der Waals surface area (Å²) in [6, 6.07) is 21.5. The minimum Gasteiger partial charge on any atom is -0.334 e. The van der Waals surface area contributed by atoms with E-state index in [1.165, 1.54) is 0 Å². The molecule has 0 spiro atoms. The number of carbonyl (C=O) groups excluding carboxylic acids is 1. The Balaban J connectivity index is 1.65. The van der Waals surface area contributed by atoms with Gasteiger partial charge < -0.3 is 9.84 Å². The fourth-order valence-electron chi connectivity index (χ4n) is 4.05. The van der Waals surface area contributed by atoms with Crippen LogP contribution >= 0.6 is 23.2 Å². The Hall–Kier alpha value is -3.61. The van der Waals surface area contributed by atoms with Crippen LogP contribution in [-0.2, 0) is 0 Å². The summed E-state index contributed by atoms with van der Waals surface area (Å²) in [4.78, 5) is 19.6. The second kappa shape index (κ2) is 8.97. The van der Waals surface area contributed by atoms with Crippen LogP contribution in [0.5, 0.6) is 0 Å². The zero-order chi connectivity index (χ0) is 23.8. The molecule has 5 rings (SSSR count). The Morgan fingerprint density at radius 2 is 1.62 bits per heavy atom. The van der Waals surface area contributed by atoms with Crippen LogP contribution in [0.4, 0.5) is 10.5 Å². The lowest BCUT2D eigenvalue weighted by Gasteiger charge is -2.35. The second-order valence-corrected chi connectivity index (χ2v) is 8.91. The highest BCUT2D eigenvalue weighted by atomic mass is 35.5. The average Bonchev–Trinajstić information content (AvgIpc) is 3.29. The van der Waals surface area contributed by atoms with Crippen LogP contribution in [0.1, 0.15) is 30.0 Å². The predicted octanol–water partition coefficient (Wildman–Crippen LogP) is 7.05. The molecule has 0 saturated heterocycles. The topological polar surface area (TPSA) is 71.3 Å². The lowest BCUT2D eigenvalue weighted by Crippen LogP contribution is -2.46. The van der Waals surface area contributed by atoms with Gasteiger partial charge in [-0.25, -0.2) is 4.79 Å². The van der Waals surface area contributed by atoms with Gasteiger partial charge >= 0.3 is 6.03 Å². The minimum absolute atomic E-state index is 0.246. The van der Waals surface area contributed by atoms with Gasteiger partial charge in [0, 0.05) is 21.3 Å². The molecule has 34 heavy (non-hydrogen) atoms. The summed E-state index contributed by atoms with van der Waals surface area (Å²) in [6.45, 7) is 3.86. The van der Waals surface area contributed by atoms with Gasteiger partial charge in [-0.2, -0.15) is 4.98 Å². The molecule has 2 amide bonds. The number of hydrogen-bond donors (Lipinski definition) is 1. The number of rotatable bonds is 4. The van der Waals surface area contributed by atoms with Crippen molar-refractivity contribution in [2.75, 3.05) is 4.90 Å². The van der Waals surface area contributed by atoms with Crippen LogP contribution < -0.4 is 10.2 Å². The number of urea groups is 1. The fraction of sp³-hybridized carbons (Fsp3) is 0.115. The molecule has 3 aromatic carbocycles. The first kappa shape index (κ1) is 22.2. The number of benzene rings is 3. The van der Waals surface area contributed by atoms with Crippen molar-refractivity contribution in [1.29, 1.82) is 0 Å². The highest BCUT2D eigenvalue weighted by Gasteiger charge is 2.36. The molecular weight excluding hydrogens is 471 g/mol. The third-order valence-corrected chi connectivity index (χ3v) is 6.21. The first-order valence-electron chi connectivity index (χ1n) is 10.6. The lowest BCUT2D eigenvalue weighted by atomic mass is 9.94. The highest BCUT2D eigenvalue weighted by molar-refractivity contribution is 6.30. The molecule has 2 heterocycles. The summed E-state index contributed by atoms with van der Waals surface area (Å²) in [5.41, 5.74) is 4.82. The lowest BCUT2D eigenvalue weighted by molar-refractivity contribution is 0.244. The maximum atomic E-state index is 13.3. The number of nitrogens with one attached hydrogen (secondary N) is 1. The molecule has 1 aliphatic rings. The quantitative estimate of drug-likeness (QED) is 0.332.